The lowest BCUT2D eigenvalue weighted by Crippen LogP contribution is -2.15. The zero-order valence-corrected chi connectivity index (χ0v) is 15.0. The minimum atomic E-state index is 0.539. The fourth-order valence-electron chi connectivity index (χ4n) is 3.06. The Hall–Kier alpha value is -2.77. The van der Waals surface area contributed by atoms with Crippen molar-refractivity contribution in [1.82, 2.24) is 10.3 Å². The van der Waals surface area contributed by atoms with Crippen LogP contribution in [0, 0.1) is 11.3 Å². The van der Waals surface area contributed by atoms with E-state index in [0.717, 1.165) is 38.1 Å². The largest absolute Gasteiger partial charge is 0.494 e. The van der Waals surface area contributed by atoms with Gasteiger partial charge in [0.25, 0.3) is 0 Å². The van der Waals surface area contributed by atoms with Gasteiger partial charge in [0, 0.05) is 30.1 Å². The van der Waals surface area contributed by atoms with Gasteiger partial charge in [-0.25, -0.2) is 0 Å². The zero-order chi connectivity index (χ0) is 18.0. The molecule has 1 heterocycles. The predicted octanol–water partition coefficient (Wildman–Crippen LogP) is 4.57. The van der Waals surface area contributed by atoms with Crippen molar-refractivity contribution in [3.05, 3.63) is 65.9 Å². The number of nitrogens with zero attached hydrogens (tertiary/aromatic N) is 1. The summed E-state index contributed by atoms with van der Waals surface area (Å²) >= 11 is 0. The minimum absolute atomic E-state index is 0.539. The third kappa shape index (κ3) is 5.11. The first-order chi connectivity index (χ1) is 12.9. The van der Waals surface area contributed by atoms with Crippen molar-refractivity contribution in [1.29, 1.82) is 5.26 Å². The summed E-state index contributed by atoms with van der Waals surface area (Å²) in [7, 11) is 0. The summed E-state index contributed by atoms with van der Waals surface area (Å²) in [6.07, 6.45) is 5.60. The Balaban J connectivity index is 1.39. The van der Waals surface area contributed by atoms with Gasteiger partial charge in [-0.2, -0.15) is 5.26 Å². The topological polar surface area (TPSA) is 60.8 Å². The van der Waals surface area contributed by atoms with Crippen LogP contribution in [-0.2, 0) is 13.0 Å². The molecule has 0 aliphatic rings. The summed E-state index contributed by atoms with van der Waals surface area (Å²) < 4.78 is 5.68. The number of nitriles is 1. The first-order valence-electron chi connectivity index (χ1n) is 9.21. The molecule has 0 atom stereocenters. The maximum Gasteiger partial charge on any atom is 0.119 e. The lowest BCUT2D eigenvalue weighted by molar-refractivity contribution is 0.312. The molecule has 1 aromatic heterocycles. The number of aromatic amines is 1. The Bertz CT molecular complexity index is 863. The number of fused-ring (bicyclic) bond motifs is 1. The van der Waals surface area contributed by atoms with Gasteiger partial charge in [0.2, 0.25) is 0 Å². The molecule has 4 nitrogen and oxygen atoms in total. The van der Waals surface area contributed by atoms with E-state index in [1.54, 1.807) is 0 Å². The highest BCUT2D eigenvalue weighted by atomic mass is 16.5. The van der Waals surface area contributed by atoms with Crippen molar-refractivity contribution >= 4 is 10.9 Å². The lowest BCUT2D eigenvalue weighted by atomic mass is 10.1. The van der Waals surface area contributed by atoms with Gasteiger partial charge in [-0.15, -0.1) is 0 Å². The van der Waals surface area contributed by atoms with Gasteiger partial charge in [0.05, 0.1) is 12.7 Å². The van der Waals surface area contributed by atoms with Crippen LogP contribution < -0.4 is 10.1 Å². The second-order valence-corrected chi connectivity index (χ2v) is 6.40. The van der Waals surface area contributed by atoms with Crippen LogP contribution in [0.3, 0.4) is 0 Å². The van der Waals surface area contributed by atoms with E-state index in [1.165, 1.54) is 22.0 Å². The van der Waals surface area contributed by atoms with E-state index < -0.39 is 0 Å². The molecule has 0 spiro atoms. The van der Waals surface area contributed by atoms with Crippen LogP contribution >= 0.6 is 0 Å². The molecule has 0 fully saturated rings. The Morgan fingerprint density at radius 3 is 2.92 bits per heavy atom. The van der Waals surface area contributed by atoms with Crippen molar-refractivity contribution in [2.24, 2.45) is 0 Å². The van der Waals surface area contributed by atoms with E-state index in [-0.39, 0.29) is 0 Å². The minimum Gasteiger partial charge on any atom is -0.494 e. The standard InChI is InChI=1S/C22H25N3O/c23-12-3-4-14-26-20-9-5-7-18(15-20)16-24-13-6-8-19-17-25-22-11-2-1-10-21(19)22/h1-2,5,7,9-11,15,17,24-25H,3-4,6,8,13-14,16H2. The summed E-state index contributed by atoms with van der Waals surface area (Å²) in [4.78, 5) is 3.33. The second-order valence-electron chi connectivity index (χ2n) is 6.40. The monoisotopic (exact) mass is 347 g/mol. The normalized spacial score (nSPS) is 10.7. The molecule has 0 saturated heterocycles. The highest BCUT2D eigenvalue weighted by molar-refractivity contribution is 5.82. The number of hydrogen-bond donors (Lipinski definition) is 2. The molecule has 26 heavy (non-hydrogen) atoms. The van der Waals surface area contributed by atoms with E-state index in [0.29, 0.717) is 13.0 Å². The van der Waals surface area contributed by atoms with E-state index >= 15 is 0 Å². The van der Waals surface area contributed by atoms with E-state index in [9.17, 15) is 0 Å². The van der Waals surface area contributed by atoms with Gasteiger partial charge in [0.15, 0.2) is 0 Å². The summed E-state index contributed by atoms with van der Waals surface area (Å²) in [6, 6.07) is 18.7. The molecule has 0 aliphatic carbocycles. The summed E-state index contributed by atoms with van der Waals surface area (Å²) in [6.45, 7) is 2.41. The molecule has 2 aromatic carbocycles. The molecule has 2 N–H and O–H groups in total. The molecule has 134 valence electrons. The van der Waals surface area contributed by atoms with Crippen LogP contribution in [-0.4, -0.2) is 18.1 Å². The predicted molar refractivity (Wildman–Crippen MR) is 105 cm³/mol. The quantitative estimate of drug-likeness (QED) is 0.528. The number of aromatic nitrogens is 1. The fourth-order valence-corrected chi connectivity index (χ4v) is 3.06. The number of hydrogen-bond acceptors (Lipinski definition) is 3. The Morgan fingerprint density at radius 2 is 2.00 bits per heavy atom. The Labute approximate surface area is 154 Å². The molecule has 3 aromatic rings. The van der Waals surface area contributed by atoms with Crippen LogP contribution in [0.4, 0.5) is 0 Å². The second kappa shape index (κ2) is 9.65. The van der Waals surface area contributed by atoms with Gasteiger partial charge >= 0.3 is 0 Å². The van der Waals surface area contributed by atoms with Gasteiger partial charge in [-0.05, 0) is 55.1 Å². The van der Waals surface area contributed by atoms with Crippen LogP contribution in [0.1, 0.15) is 30.4 Å². The number of aryl methyl sites for hydroxylation is 1. The van der Waals surface area contributed by atoms with Gasteiger partial charge in [-0.3, -0.25) is 0 Å². The first-order valence-corrected chi connectivity index (χ1v) is 9.21. The molecule has 3 rings (SSSR count). The molecule has 0 unspecified atom stereocenters. The third-order valence-electron chi connectivity index (χ3n) is 4.40. The zero-order valence-electron chi connectivity index (χ0n) is 15.0. The van der Waals surface area contributed by atoms with Gasteiger partial charge in [0.1, 0.15) is 5.75 Å². The Kier molecular flexibility index (Phi) is 6.69. The van der Waals surface area contributed by atoms with Crippen LogP contribution in [0.15, 0.2) is 54.7 Å². The van der Waals surface area contributed by atoms with Crippen molar-refractivity contribution in [3.8, 4) is 11.8 Å². The highest BCUT2D eigenvalue weighted by Gasteiger charge is 2.02. The number of unbranched alkanes of at least 4 members (excludes halogenated alkanes) is 1. The molecule has 0 radical (unpaired) electrons. The van der Waals surface area contributed by atoms with E-state index in [1.807, 2.05) is 12.1 Å². The maximum atomic E-state index is 8.55. The van der Waals surface area contributed by atoms with Crippen LogP contribution in [0.5, 0.6) is 5.75 Å². The molecule has 0 bridgehead atoms. The molecule has 0 aliphatic heterocycles. The summed E-state index contributed by atoms with van der Waals surface area (Å²) in [5.41, 5.74) is 3.81. The maximum absolute atomic E-state index is 8.55. The van der Waals surface area contributed by atoms with E-state index in [2.05, 4.69) is 59.0 Å². The number of rotatable bonds is 10. The number of benzene rings is 2. The summed E-state index contributed by atoms with van der Waals surface area (Å²) in [5, 5.41) is 13.4. The van der Waals surface area contributed by atoms with Crippen LogP contribution in [0.25, 0.3) is 10.9 Å². The molecular formula is C22H25N3O. The Morgan fingerprint density at radius 1 is 1.08 bits per heavy atom. The van der Waals surface area contributed by atoms with E-state index in [4.69, 9.17) is 10.00 Å². The third-order valence-corrected chi connectivity index (χ3v) is 4.40. The number of para-hydroxylation sites is 1. The highest BCUT2D eigenvalue weighted by Crippen LogP contribution is 2.19. The number of ether oxygens (including phenoxy) is 1. The average Bonchev–Trinajstić information content (AvgIpc) is 3.09. The summed E-state index contributed by atoms with van der Waals surface area (Å²) in [5.74, 6) is 0.876. The average molecular weight is 347 g/mol. The number of nitrogens with one attached hydrogen (secondary N) is 2. The van der Waals surface area contributed by atoms with Gasteiger partial charge < -0.3 is 15.0 Å². The van der Waals surface area contributed by atoms with Crippen LogP contribution in [0.2, 0.25) is 0 Å². The first kappa shape index (κ1) is 18.0. The lowest BCUT2D eigenvalue weighted by Gasteiger charge is -2.08. The van der Waals surface area contributed by atoms with Crippen molar-refractivity contribution < 1.29 is 4.74 Å². The fraction of sp³-hybridized carbons (Fsp3) is 0.318. The molecule has 4 heteroatoms. The van der Waals surface area contributed by atoms with Crippen molar-refractivity contribution in [3.63, 3.8) is 0 Å². The number of H-pyrrole nitrogens is 1. The smallest absolute Gasteiger partial charge is 0.119 e. The SMILES string of the molecule is N#CCCCOc1cccc(CNCCCc2c[nH]c3ccccc23)c1. The molecule has 0 amide bonds. The van der Waals surface area contributed by atoms with Crippen molar-refractivity contribution in [2.75, 3.05) is 13.2 Å². The molecule has 0 saturated carbocycles. The van der Waals surface area contributed by atoms with Crippen molar-refractivity contribution in [2.45, 2.75) is 32.2 Å². The molecular weight excluding hydrogens is 322 g/mol. The van der Waals surface area contributed by atoms with Gasteiger partial charge in [-0.1, -0.05) is 30.3 Å².